The van der Waals surface area contributed by atoms with Crippen LogP contribution in [0.15, 0.2) is 0 Å². The van der Waals surface area contributed by atoms with E-state index in [1.54, 1.807) is 0 Å². The standard InChI is InChI=1S/C11H21NOS.2C2H6/c1-4-5-9-6-11-10(8(9)2)7-14(13)12(11)3;2*1-2/h8-11H,4-7H2,1-3H3;2*1-2H3. The van der Waals surface area contributed by atoms with Gasteiger partial charge in [0, 0.05) is 18.8 Å². The molecule has 2 aliphatic rings. The molecular weight excluding hydrogens is 242 g/mol. The highest BCUT2D eigenvalue weighted by Crippen LogP contribution is 2.45. The van der Waals surface area contributed by atoms with Gasteiger partial charge in [0.15, 0.2) is 0 Å². The van der Waals surface area contributed by atoms with E-state index in [1.807, 2.05) is 34.7 Å². The predicted molar refractivity (Wildman–Crippen MR) is 82.9 cm³/mol. The van der Waals surface area contributed by atoms with E-state index >= 15 is 0 Å². The van der Waals surface area contributed by atoms with E-state index in [-0.39, 0.29) is 0 Å². The van der Waals surface area contributed by atoms with E-state index in [0.29, 0.717) is 12.0 Å². The highest BCUT2D eigenvalue weighted by atomic mass is 32.2. The van der Waals surface area contributed by atoms with Crippen molar-refractivity contribution in [2.45, 2.75) is 66.8 Å². The van der Waals surface area contributed by atoms with E-state index in [9.17, 15) is 4.21 Å². The Morgan fingerprint density at radius 1 is 1.22 bits per heavy atom. The molecular formula is C15H33NOS. The summed E-state index contributed by atoms with van der Waals surface area (Å²) in [6.45, 7) is 12.6. The maximum absolute atomic E-state index is 11.6. The highest BCUT2D eigenvalue weighted by Gasteiger charge is 2.48. The fourth-order valence-electron chi connectivity index (χ4n) is 3.27. The molecule has 0 aromatic rings. The third-order valence-corrected chi connectivity index (χ3v) is 5.82. The molecule has 5 unspecified atom stereocenters. The molecule has 2 rings (SSSR count). The van der Waals surface area contributed by atoms with E-state index in [1.165, 1.54) is 19.3 Å². The molecule has 0 bridgehead atoms. The SMILES string of the molecule is CC.CC.CCCC1CC2C(CS(=O)N2C)C1C. The van der Waals surface area contributed by atoms with Crippen LogP contribution >= 0.6 is 0 Å². The molecule has 2 nitrogen and oxygen atoms in total. The average molecular weight is 276 g/mol. The first kappa shape index (κ1) is 18.1. The third-order valence-electron chi connectivity index (χ3n) is 4.24. The Balaban J connectivity index is 0.000000659. The number of fused-ring (bicyclic) bond motifs is 1. The van der Waals surface area contributed by atoms with Gasteiger partial charge < -0.3 is 0 Å². The molecule has 1 aliphatic carbocycles. The number of rotatable bonds is 2. The Hall–Kier alpha value is 0.110. The molecule has 1 heterocycles. The fourth-order valence-corrected chi connectivity index (χ4v) is 4.90. The first-order valence-corrected chi connectivity index (χ1v) is 9.04. The minimum Gasteiger partial charge on any atom is -0.243 e. The lowest BCUT2D eigenvalue weighted by molar-refractivity contribution is 0.324. The van der Waals surface area contributed by atoms with Gasteiger partial charge in [-0.3, -0.25) is 0 Å². The van der Waals surface area contributed by atoms with Crippen LogP contribution in [0, 0.1) is 17.8 Å². The van der Waals surface area contributed by atoms with Crippen molar-refractivity contribution in [3.05, 3.63) is 0 Å². The summed E-state index contributed by atoms with van der Waals surface area (Å²) < 4.78 is 13.7. The van der Waals surface area contributed by atoms with Crippen LogP contribution in [0.25, 0.3) is 0 Å². The van der Waals surface area contributed by atoms with Crippen LogP contribution in [0.5, 0.6) is 0 Å². The van der Waals surface area contributed by atoms with Crippen molar-refractivity contribution >= 4 is 11.0 Å². The topological polar surface area (TPSA) is 20.3 Å². The Kier molecular flexibility index (Phi) is 9.14. The van der Waals surface area contributed by atoms with Crippen molar-refractivity contribution in [3.63, 3.8) is 0 Å². The van der Waals surface area contributed by atoms with Gasteiger partial charge in [0.05, 0.1) is 11.0 Å². The Morgan fingerprint density at radius 2 is 1.78 bits per heavy atom. The minimum atomic E-state index is -0.683. The molecule has 5 atom stereocenters. The van der Waals surface area contributed by atoms with Crippen molar-refractivity contribution in [1.29, 1.82) is 0 Å². The second kappa shape index (κ2) is 9.08. The lowest BCUT2D eigenvalue weighted by Crippen LogP contribution is -2.26. The monoisotopic (exact) mass is 275 g/mol. The molecule has 1 saturated carbocycles. The van der Waals surface area contributed by atoms with Crippen LogP contribution in [0.3, 0.4) is 0 Å². The van der Waals surface area contributed by atoms with Crippen LogP contribution in [-0.2, 0) is 11.0 Å². The zero-order valence-electron chi connectivity index (χ0n) is 13.4. The van der Waals surface area contributed by atoms with Gasteiger partial charge in [-0.1, -0.05) is 54.4 Å². The maximum atomic E-state index is 11.6. The predicted octanol–water partition coefficient (Wildman–Crippen LogP) is 4.09. The average Bonchev–Trinajstić information content (AvgIpc) is 2.86. The van der Waals surface area contributed by atoms with Crippen LogP contribution < -0.4 is 0 Å². The molecule has 0 radical (unpaired) electrons. The van der Waals surface area contributed by atoms with Gasteiger partial charge in [-0.05, 0) is 24.2 Å². The lowest BCUT2D eigenvalue weighted by atomic mass is 9.89. The number of nitrogens with zero attached hydrogens (tertiary/aromatic N) is 1. The molecule has 3 heteroatoms. The molecule has 2 fully saturated rings. The van der Waals surface area contributed by atoms with Crippen molar-refractivity contribution < 1.29 is 4.21 Å². The molecule has 0 amide bonds. The summed E-state index contributed by atoms with van der Waals surface area (Å²) in [5.41, 5.74) is 0. The van der Waals surface area contributed by atoms with Crippen molar-refractivity contribution in [1.82, 2.24) is 4.31 Å². The largest absolute Gasteiger partial charge is 0.243 e. The Labute approximate surface area is 117 Å². The van der Waals surface area contributed by atoms with Gasteiger partial charge in [0.25, 0.3) is 0 Å². The maximum Gasteiger partial charge on any atom is 0.0946 e. The van der Waals surface area contributed by atoms with Crippen LogP contribution in [0.2, 0.25) is 0 Å². The van der Waals surface area contributed by atoms with Crippen molar-refractivity contribution in [2.24, 2.45) is 17.8 Å². The quantitative estimate of drug-likeness (QED) is 0.743. The molecule has 110 valence electrons. The van der Waals surface area contributed by atoms with E-state index in [2.05, 4.69) is 18.2 Å². The Morgan fingerprint density at radius 3 is 2.22 bits per heavy atom. The van der Waals surface area contributed by atoms with Crippen LogP contribution in [0.4, 0.5) is 0 Å². The summed E-state index contributed by atoms with van der Waals surface area (Å²) in [4.78, 5) is 0. The van der Waals surface area contributed by atoms with Crippen LogP contribution in [0.1, 0.15) is 60.8 Å². The second-order valence-electron chi connectivity index (χ2n) is 4.91. The van der Waals surface area contributed by atoms with Crippen molar-refractivity contribution in [3.8, 4) is 0 Å². The second-order valence-corrected chi connectivity index (χ2v) is 6.46. The molecule has 18 heavy (non-hydrogen) atoms. The summed E-state index contributed by atoms with van der Waals surface area (Å²) >= 11 is 0. The first-order chi connectivity index (χ1) is 8.65. The molecule has 1 aliphatic heterocycles. The van der Waals surface area contributed by atoms with Gasteiger partial charge >= 0.3 is 0 Å². The summed E-state index contributed by atoms with van der Waals surface area (Å²) in [6, 6.07) is 0.613. The van der Waals surface area contributed by atoms with Gasteiger partial charge in [-0.15, -0.1) is 0 Å². The van der Waals surface area contributed by atoms with Gasteiger partial charge in [0.2, 0.25) is 0 Å². The van der Waals surface area contributed by atoms with Crippen molar-refractivity contribution in [2.75, 3.05) is 12.8 Å². The smallest absolute Gasteiger partial charge is 0.0946 e. The zero-order chi connectivity index (χ0) is 14.3. The highest BCUT2D eigenvalue weighted by molar-refractivity contribution is 7.82. The van der Waals surface area contributed by atoms with E-state index in [0.717, 1.165) is 17.6 Å². The number of hydrogen-bond donors (Lipinski definition) is 0. The number of hydrogen-bond acceptors (Lipinski definition) is 1. The normalized spacial score (nSPS) is 38.3. The molecule has 0 N–H and O–H groups in total. The molecule has 0 aromatic carbocycles. The van der Waals surface area contributed by atoms with E-state index in [4.69, 9.17) is 0 Å². The summed E-state index contributed by atoms with van der Waals surface area (Å²) in [7, 11) is 1.35. The van der Waals surface area contributed by atoms with E-state index < -0.39 is 11.0 Å². The Bertz CT molecular complexity index is 245. The molecule has 1 saturated heterocycles. The zero-order valence-corrected chi connectivity index (χ0v) is 14.2. The third kappa shape index (κ3) is 3.80. The lowest BCUT2D eigenvalue weighted by Gasteiger charge is -2.17. The first-order valence-electron chi connectivity index (χ1n) is 7.76. The molecule has 0 spiro atoms. The fraction of sp³-hybridized carbons (Fsp3) is 1.00. The van der Waals surface area contributed by atoms with Gasteiger partial charge in [-0.25, -0.2) is 8.51 Å². The minimum absolute atomic E-state index is 0.613. The summed E-state index contributed by atoms with van der Waals surface area (Å²) in [5.74, 6) is 3.30. The summed E-state index contributed by atoms with van der Waals surface area (Å²) in [6.07, 6.45) is 3.93. The van der Waals surface area contributed by atoms with Gasteiger partial charge in [0.1, 0.15) is 0 Å². The van der Waals surface area contributed by atoms with Gasteiger partial charge in [-0.2, -0.15) is 0 Å². The molecule has 0 aromatic heterocycles. The van der Waals surface area contributed by atoms with Crippen LogP contribution in [-0.4, -0.2) is 27.4 Å². The summed E-state index contributed by atoms with van der Waals surface area (Å²) in [5, 5.41) is 0.